The van der Waals surface area contributed by atoms with Crippen molar-refractivity contribution < 1.29 is 9.50 Å². The third kappa shape index (κ3) is 1.98. The highest BCUT2D eigenvalue weighted by atomic mass is 35.5. The zero-order valence-electron chi connectivity index (χ0n) is 8.24. The fourth-order valence-corrected chi connectivity index (χ4v) is 1.80. The van der Waals surface area contributed by atoms with Gasteiger partial charge in [-0.05, 0) is 25.1 Å². The number of aliphatic hydroxyl groups excluding tert-OH is 1. The van der Waals surface area contributed by atoms with Crippen LogP contribution in [-0.2, 0) is 6.54 Å². The Kier molecular flexibility index (Phi) is 2.67. The summed E-state index contributed by atoms with van der Waals surface area (Å²) in [5.41, 5.74) is 0.748. The van der Waals surface area contributed by atoms with E-state index in [0.29, 0.717) is 6.54 Å². The third-order valence-electron chi connectivity index (χ3n) is 2.27. The van der Waals surface area contributed by atoms with Gasteiger partial charge in [0.15, 0.2) is 0 Å². The molecule has 2 nitrogen and oxygen atoms in total. The Hall–Kier alpha value is -1.06. The molecule has 0 radical (unpaired) electrons. The minimum atomic E-state index is -0.459. The lowest BCUT2D eigenvalue weighted by molar-refractivity contribution is 0.175. The normalized spacial score (nSPS) is 13.3. The maximum absolute atomic E-state index is 13.2. The van der Waals surface area contributed by atoms with Crippen molar-refractivity contribution in [2.75, 3.05) is 0 Å². The van der Waals surface area contributed by atoms with Crippen LogP contribution in [0.3, 0.4) is 0 Å². The van der Waals surface area contributed by atoms with E-state index in [1.54, 1.807) is 17.6 Å². The van der Waals surface area contributed by atoms with Crippen LogP contribution in [0.15, 0.2) is 24.4 Å². The predicted molar refractivity (Wildman–Crippen MR) is 58.6 cm³/mol. The SMILES string of the molecule is CC(O)Cn1ccc2cc(Cl)c(F)cc21. The van der Waals surface area contributed by atoms with Crippen LogP contribution in [-0.4, -0.2) is 15.8 Å². The molecule has 0 spiro atoms. The largest absolute Gasteiger partial charge is 0.392 e. The van der Waals surface area contributed by atoms with E-state index in [1.165, 1.54) is 6.07 Å². The Bertz CT molecular complexity index is 493. The van der Waals surface area contributed by atoms with Gasteiger partial charge in [-0.2, -0.15) is 0 Å². The second kappa shape index (κ2) is 3.83. The standard InChI is InChI=1S/C11H11ClFNO/c1-7(15)6-14-3-2-8-4-9(12)10(13)5-11(8)14/h2-5,7,15H,6H2,1H3. The summed E-state index contributed by atoms with van der Waals surface area (Å²) >= 11 is 5.67. The molecule has 0 saturated heterocycles. The predicted octanol–water partition coefficient (Wildman–Crippen LogP) is 2.81. The molecule has 0 aliphatic heterocycles. The van der Waals surface area contributed by atoms with E-state index in [4.69, 9.17) is 11.6 Å². The van der Waals surface area contributed by atoms with E-state index in [2.05, 4.69) is 0 Å². The number of rotatable bonds is 2. The van der Waals surface area contributed by atoms with Crippen LogP contribution in [0.4, 0.5) is 4.39 Å². The first-order valence-corrected chi connectivity index (χ1v) is 5.07. The average molecular weight is 228 g/mol. The Morgan fingerprint density at radius 1 is 1.53 bits per heavy atom. The van der Waals surface area contributed by atoms with Crippen molar-refractivity contribution in [1.82, 2.24) is 4.57 Å². The summed E-state index contributed by atoms with van der Waals surface area (Å²) < 4.78 is 15.0. The summed E-state index contributed by atoms with van der Waals surface area (Å²) in [6.45, 7) is 2.14. The summed E-state index contributed by atoms with van der Waals surface area (Å²) in [4.78, 5) is 0. The highest BCUT2D eigenvalue weighted by Crippen LogP contribution is 2.23. The van der Waals surface area contributed by atoms with Crippen molar-refractivity contribution in [2.45, 2.75) is 19.6 Å². The molecule has 0 fully saturated rings. The lowest BCUT2D eigenvalue weighted by Crippen LogP contribution is -2.10. The molecular weight excluding hydrogens is 217 g/mol. The molecule has 0 aliphatic carbocycles. The Morgan fingerprint density at radius 3 is 2.93 bits per heavy atom. The van der Waals surface area contributed by atoms with E-state index in [0.717, 1.165) is 10.9 Å². The molecule has 0 amide bonds. The first kappa shape index (κ1) is 10.5. The van der Waals surface area contributed by atoms with Crippen molar-refractivity contribution in [3.63, 3.8) is 0 Å². The van der Waals surface area contributed by atoms with Gasteiger partial charge in [-0.25, -0.2) is 4.39 Å². The number of hydrogen-bond acceptors (Lipinski definition) is 1. The fraction of sp³-hybridized carbons (Fsp3) is 0.273. The quantitative estimate of drug-likeness (QED) is 0.839. The molecule has 15 heavy (non-hydrogen) atoms. The number of fused-ring (bicyclic) bond motifs is 1. The van der Waals surface area contributed by atoms with Crippen LogP contribution >= 0.6 is 11.6 Å². The minimum absolute atomic E-state index is 0.122. The summed E-state index contributed by atoms with van der Waals surface area (Å²) in [5.74, 6) is -0.435. The zero-order valence-corrected chi connectivity index (χ0v) is 9.00. The maximum atomic E-state index is 13.2. The van der Waals surface area contributed by atoms with E-state index in [9.17, 15) is 9.50 Å². The second-order valence-electron chi connectivity index (χ2n) is 3.64. The van der Waals surface area contributed by atoms with Crippen LogP contribution in [0, 0.1) is 5.82 Å². The smallest absolute Gasteiger partial charge is 0.143 e. The molecule has 80 valence electrons. The van der Waals surface area contributed by atoms with E-state index in [1.807, 2.05) is 12.3 Å². The molecule has 2 aromatic rings. The Labute approximate surface area is 91.9 Å². The number of nitrogens with zero attached hydrogens (tertiary/aromatic N) is 1. The van der Waals surface area contributed by atoms with Crippen molar-refractivity contribution in [1.29, 1.82) is 0 Å². The molecular formula is C11H11ClFNO. The number of aromatic nitrogens is 1. The molecule has 0 bridgehead atoms. The van der Waals surface area contributed by atoms with Crippen LogP contribution in [0.25, 0.3) is 10.9 Å². The summed E-state index contributed by atoms with van der Waals surface area (Å²) in [7, 11) is 0. The first-order chi connectivity index (χ1) is 7.08. The van der Waals surface area contributed by atoms with Gasteiger partial charge in [-0.1, -0.05) is 11.6 Å². The lowest BCUT2D eigenvalue weighted by Gasteiger charge is -2.07. The Balaban J connectivity index is 2.54. The van der Waals surface area contributed by atoms with E-state index in [-0.39, 0.29) is 5.02 Å². The molecule has 1 N–H and O–H groups in total. The van der Waals surface area contributed by atoms with Crippen LogP contribution < -0.4 is 0 Å². The number of halogens is 2. The monoisotopic (exact) mass is 227 g/mol. The van der Waals surface area contributed by atoms with Gasteiger partial charge in [-0.3, -0.25) is 0 Å². The Morgan fingerprint density at radius 2 is 2.27 bits per heavy atom. The molecule has 1 aromatic carbocycles. The van der Waals surface area contributed by atoms with Crippen molar-refractivity contribution in [3.8, 4) is 0 Å². The van der Waals surface area contributed by atoms with Gasteiger partial charge in [0.05, 0.1) is 16.6 Å². The van der Waals surface area contributed by atoms with Gasteiger partial charge in [0.2, 0.25) is 0 Å². The van der Waals surface area contributed by atoms with Crippen molar-refractivity contribution in [2.24, 2.45) is 0 Å². The molecule has 1 aromatic heterocycles. The molecule has 2 rings (SSSR count). The molecule has 1 atom stereocenters. The topological polar surface area (TPSA) is 25.2 Å². The molecule has 1 unspecified atom stereocenters. The van der Waals surface area contributed by atoms with E-state index >= 15 is 0 Å². The zero-order chi connectivity index (χ0) is 11.0. The maximum Gasteiger partial charge on any atom is 0.143 e. The summed E-state index contributed by atoms with van der Waals surface area (Å²) in [6, 6.07) is 4.83. The fourth-order valence-electron chi connectivity index (χ4n) is 1.63. The summed E-state index contributed by atoms with van der Waals surface area (Å²) in [5, 5.41) is 10.3. The highest BCUT2D eigenvalue weighted by molar-refractivity contribution is 6.31. The van der Waals surface area contributed by atoms with Crippen LogP contribution in [0.5, 0.6) is 0 Å². The molecule has 1 heterocycles. The van der Waals surface area contributed by atoms with Crippen LogP contribution in [0.2, 0.25) is 5.02 Å². The summed E-state index contributed by atoms with van der Waals surface area (Å²) in [6.07, 6.45) is 1.35. The first-order valence-electron chi connectivity index (χ1n) is 4.70. The molecule has 0 saturated carbocycles. The van der Waals surface area contributed by atoms with Crippen molar-refractivity contribution in [3.05, 3.63) is 35.2 Å². The minimum Gasteiger partial charge on any atom is -0.392 e. The average Bonchev–Trinajstić information content (AvgIpc) is 2.49. The van der Waals surface area contributed by atoms with Gasteiger partial charge in [-0.15, -0.1) is 0 Å². The lowest BCUT2D eigenvalue weighted by atomic mass is 10.2. The van der Waals surface area contributed by atoms with Gasteiger partial charge in [0, 0.05) is 18.1 Å². The van der Waals surface area contributed by atoms with Gasteiger partial charge >= 0.3 is 0 Å². The molecule has 0 aliphatic rings. The highest BCUT2D eigenvalue weighted by Gasteiger charge is 2.07. The van der Waals surface area contributed by atoms with Gasteiger partial charge in [0.25, 0.3) is 0 Å². The molecule has 4 heteroatoms. The second-order valence-corrected chi connectivity index (χ2v) is 4.05. The third-order valence-corrected chi connectivity index (χ3v) is 2.56. The number of benzene rings is 1. The van der Waals surface area contributed by atoms with E-state index < -0.39 is 11.9 Å². The number of aliphatic hydroxyl groups is 1. The van der Waals surface area contributed by atoms with Crippen molar-refractivity contribution >= 4 is 22.5 Å². The van der Waals surface area contributed by atoms with Gasteiger partial charge in [0.1, 0.15) is 5.82 Å². The van der Waals surface area contributed by atoms with Crippen LogP contribution in [0.1, 0.15) is 6.92 Å². The number of hydrogen-bond donors (Lipinski definition) is 1. The van der Waals surface area contributed by atoms with Gasteiger partial charge < -0.3 is 9.67 Å².